The zero-order chi connectivity index (χ0) is 11.2. The topological polar surface area (TPSA) is 9.23 Å². The molecule has 0 aliphatic carbocycles. The van der Waals surface area contributed by atoms with E-state index in [9.17, 15) is 0 Å². The predicted molar refractivity (Wildman–Crippen MR) is 73.6 cm³/mol. The molecule has 0 aromatic heterocycles. The predicted octanol–water partition coefficient (Wildman–Crippen LogP) is 5.71. The van der Waals surface area contributed by atoms with Gasteiger partial charge in [0.25, 0.3) is 0 Å². The minimum atomic E-state index is 1.16. The number of hydrogen-bond donors (Lipinski definition) is 0. The van der Waals surface area contributed by atoms with Gasteiger partial charge >= 0.3 is 0 Å². The van der Waals surface area contributed by atoms with Crippen LogP contribution in [-0.4, -0.2) is 0 Å². The van der Waals surface area contributed by atoms with E-state index >= 15 is 0 Å². The van der Waals surface area contributed by atoms with Crippen molar-refractivity contribution < 1.29 is 3.63 Å². The number of hydrogen-bond acceptors (Lipinski definition) is 3. The van der Waals surface area contributed by atoms with Crippen LogP contribution in [0, 0.1) is 0 Å². The van der Waals surface area contributed by atoms with Crippen LogP contribution in [0.2, 0.25) is 0 Å². The summed E-state index contributed by atoms with van der Waals surface area (Å²) in [6.45, 7) is 4.41. The molecule has 0 rings (SSSR count). The first kappa shape index (κ1) is 15.1. The smallest absolute Gasteiger partial charge is 0.0364 e. The van der Waals surface area contributed by atoms with Gasteiger partial charge in [0.05, 0.1) is 0 Å². The third-order valence-electron chi connectivity index (χ3n) is 1.83. The molecule has 0 aromatic carbocycles. The van der Waals surface area contributed by atoms with Crippen molar-refractivity contribution in [1.29, 1.82) is 0 Å². The molecule has 15 heavy (non-hydrogen) atoms. The van der Waals surface area contributed by atoms with Gasteiger partial charge in [-0.05, 0) is 23.7 Å². The fourth-order valence-corrected chi connectivity index (χ4v) is 1.90. The van der Waals surface area contributed by atoms with E-state index in [2.05, 4.69) is 26.0 Å². The maximum absolute atomic E-state index is 5.25. The molecule has 0 spiro atoms. The summed E-state index contributed by atoms with van der Waals surface area (Å²) in [5.74, 6) is 0. The van der Waals surface area contributed by atoms with Gasteiger partial charge < -0.3 is 0 Å². The van der Waals surface area contributed by atoms with Crippen LogP contribution in [0.5, 0.6) is 0 Å². The molecule has 0 aliphatic rings. The van der Waals surface area contributed by atoms with E-state index in [0.717, 1.165) is 12.8 Å². The molecule has 3 heteroatoms. The molecule has 0 atom stereocenters. The number of allylic oxidation sites excluding steroid dienone is 2. The number of rotatable bonds is 10. The molecule has 0 N–H and O–H groups in total. The zero-order valence-corrected chi connectivity index (χ0v) is 11.4. The van der Waals surface area contributed by atoms with E-state index in [1.54, 1.807) is 0 Å². The van der Waals surface area contributed by atoms with Crippen LogP contribution in [0.15, 0.2) is 23.0 Å². The van der Waals surface area contributed by atoms with Crippen molar-refractivity contribution in [3.8, 4) is 0 Å². The Hall–Kier alpha value is 0.140. The van der Waals surface area contributed by atoms with Gasteiger partial charge in [-0.15, -0.1) is 0 Å². The SMILES string of the molecule is CCCCC=CSOSC=CCCCC. The maximum Gasteiger partial charge on any atom is 0.0364 e. The first-order valence-corrected chi connectivity index (χ1v) is 7.31. The molecule has 0 radical (unpaired) electrons. The van der Waals surface area contributed by atoms with Crippen molar-refractivity contribution in [3.63, 3.8) is 0 Å². The lowest BCUT2D eigenvalue weighted by molar-refractivity contribution is 0.771. The summed E-state index contributed by atoms with van der Waals surface area (Å²) in [5, 5.41) is 4.03. The van der Waals surface area contributed by atoms with E-state index in [-0.39, 0.29) is 0 Å². The van der Waals surface area contributed by atoms with Crippen molar-refractivity contribution in [3.05, 3.63) is 23.0 Å². The minimum absolute atomic E-state index is 1.16. The van der Waals surface area contributed by atoms with Gasteiger partial charge in [0.1, 0.15) is 0 Å². The standard InChI is InChI=1S/C12H22OS2/c1-3-5-7-9-11-14-13-15-12-10-8-6-4-2/h9-12H,3-8H2,1-2H3. The molecule has 0 fully saturated rings. The Kier molecular flexibility index (Phi) is 14.3. The monoisotopic (exact) mass is 246 g/mol. The molecular weight excluding hydrogens is 224 g/mol. The summed E-state index contributed by atoms with van der Waals surface area (Å²) in [5.41, 5.74) is 0. The quantitative estimate of drug-likeness (QED) is 0.361. The first-order valence-electron chi connectivity index (χ1n) is 5.70. The van der Waals surface area contributed by atoms with Crippen LogP contribution in [0.1, 0.15) is 52.4 Å². The van der Waals surface area contributed by atoms with Crippen molar-refractivity contribution in [2.24, 2.45) is 0 Å². The van der Waals surface area contributed by atoms with E-state index < -0.39 is 0 Å². The van der Waals surface area contributed by atoms with Gasteiger partial charge in [0, 0.05) is 24.1 Å². The molecule has 88 valence electrons. The summed E-state index contributed by atoms with van der Waals surface area (Å²) in [4.78, 5) is 0. The Balaban J connectivity index is 3.10. The molecule has 0 aromatic rings. The Bertz CT molecular complexity index is 149. The highest BCUT2D eigenvalue weighted by Crippen LogP contribution is 2.17. The summed E-state index contributed by atoms with van der Waals surface area (Å²) in [6.07, 6.45) is 11.7. The van der Waals surface area contributed by atoms with Crippen LogP contribution in [0.25, 0.3) is 0 Å². The summed E-state index contributed by atoms with van der Waals surface area (Å²) < 4.78 is 5.25. The van der Waals surface area contributed by atoms with Gasteiger partial charge in [-0.2, -0.15) is 0 Å². The highest BCUT2D eigenvalue weighted by atomic mass is 32.2. The van der Waals surface area contributed by atoms with Crippen LogP contribution >= 0.6 is 24.1 Å². The average Bonchev–Trinajstić information content (AvgIpc) is 2.26. The van der Waals surface area contributed by atoms with E-state index in [0.29, 0.717) is 0 Å². The Morgan fingerprint density at radius 3 is 1.73 bits per heavy atom. The number of unbranched alkanes of at least 4 members (excludes halogenated alkanes) is 4. The molecule has 0 bridgehead atoms. The summed E-state index contributed by atoms with van der Waals surface area (Å²) in [6, 6.07) is 0. The highest BCUT2D eigenvalue weighted by molar-refractivity contribution is 8.10. The molecular formula is C12H22OS2. The van der Waals surface area contributed by atoms with Gasteiger partial charge in [-0.1, -0.05) is 51.7 Å². The minimum Gasteiger partial charge on any atom is -0.238 e. The van der Waals surface area contributed by atoms with Crippen LogP contribution < -0.4 is 0 Å². The summed E-state index contributed by atoms with van der Waals surface area (Å²) >= 11 is 2.80. The zero-order valence-electron chi connectivity index (χ0n) is 9.78. The normalized spacial score (nSPS) is 11.9. The van der Waals surface area contributed by atoms with Gasteiger partial charge in [-0.25, -0.2) is 3.63 Å². The molecule has 0 amide bonds. The highest BCUT2D eigenvalue weighted by Gasteiger charge is 1.83. The maximum atomic E-state index is 5.25. The van der Waals surface area contributed by atoms with Gasteiger partial charge in [0.15, 0.2) is 0 Å². The second kappa shape index (κ2) is 14.1. The Morgan fingerprint density at radius 1 is 0.867 bits per heavy atom. The Labute approximate surface area is 103 Å². The molecule has 0 unspecified atom stereocenters. The fraction of sp³-hybridized carbons (Fsp3) is 0.667. The van der Waals surface area contributed by atoms with Crippen molar-refractivity contribution >= 4 is 24.1 Å². The van der Waals surface area contributed by atoms with Crippen LogP contribution in [0.3, 0.4) is 0 Å². The largest absolute Gasteiger partial charge is 0.238 e. The molecule has 0 aliphatic heterocycles. The molecule has 1 nitrogen and oxygen atoms in total. The average molecular weight is 246 g/mol. The van der Waals surface area contributed by atoms with Crippen molar-refractivity contribution in [1.82, 2.24) is 0 Å². The summed E-state index contributed by atoms with van der Waals surface area (Å²) in [7, 11) is 0. The first-order chi connectivity index (χ1) is 7.41. The van der Waals surface area contributed by atoms with Gasteiger partial charge in [0.2, 0.25) is 0 Å². The lowest BCUT2D eigenvalue weighted by atomic mass is 10.2. The van der Waals surface area contributed by atoms with E-state index in [4.69, 9.17) is 3.63 Å². The lowest BCUT2D eigenvalue weighted by Crippen LogP contribution is -1.66. The fourth-order valence-electron chi connectivity index (χ4n) is 0.927. The van der Waals surface area contributed by atoms with E-state index in [1.807, 2.05) is 10.8 Å². The van der Waals surface area contributed by atoms with E-state index in [1.165, 1.54) is 49.8 Å². The van der Waals surface area contributed by atoms with Crippen LogP contribution in [0.4, 0.5) is 0 Å². The second-order valence-corrected chi connectivity index (χ2v) is 4.76. The van der Waals surface area contributed by atoms with Gasteiger partial charge in [-0.3, -0.25) is 0 Å². The Morgan fingerprint density at radius 2 is 1.33 bits per heavy atom. The van der Waals surface area contributed by atoms with Crippen molar-refractivity contribution in [2.45, 2.75) is 52.4 Å². The molecule has 0 saturated heterocycles. The molecule has 0 heterocycles. The molecule has 0 saturated carbocycles. The third kappa shape index (κ3) is 14.1. The third-order valence-corrected chi connectivity index (χ3v) is 3.07. The second-order valence-electron chi connectivity index (χ2n) is 3.29. The van der Waals surface area contributed by atoms with Crippen LogP contribution in [-0.2, 0) is 3.63 Å². The van der Waals surface area contributed by atoms with Crippen molar-refractivity contribution in [2.75, 3.05) is 0 Å². The lowest BCUT2D eigenvalue weighted by Gasteiger charge is -1.92.